The molecule has 2 rings (SSSR count). The van der Waals surface area contributed by atoms with Crippen LogP contribution in [0.1, 0.15) is 26.7 Å². The number of carbonyl (C=O) groups is 1. The van der Waals surface area contributed by atoms with Crippen molar-refractivity contribution in [2.24, 2.45) is 0 Å². The van der Waals surface area contributed by atoms with Crippen LogP contribution in [0.2, 0.25) is 0 Å². The third-order valence-electron chi connectivity index (χ3n) is 1.98. The Hall–Kier alpha value is -1.91. The second-order valence-corrected chi connectivity index (χ2v) is 3.37. The third-order valence-corrected chi connectivity index (χ3v) is 1.98. The van der Waals surface area contributed by atoms with Gasteiger partial charge in [0, 0.05) is 6.42 Å². The Kier molecular flexibility index (Phi) is 5.71. The number of nitrogens with one attached hydrogen (secondary N) is 1. The Bertz CT molecular complexity index is 415. The van der Waals surface area contributed by atoms with Crippen molar-refractivity contribution in [3.8, 4) is 0 Å². The number of rotatable bonds is 3. The summed E-state index contributed by atoms with van der Waals surface area (Å²) in [6.45, 7) is 4.27. The minimum Gasteiger partial charge on any atom is -0.466 e. The van der Waals surface area contributed by atoms with Crippen molar-refractivity contribution in [1.29, 1.82) is 0 Å². The first-order valence-electron chi connectivity index (χ1n) is 5.69. The monoisotopic (exact) mass is 235 g/mol. The van der Waals surface area contributed by atoms with Gasteiger partial charge in [-0.1, -0.05) is 19.1 Å². The van der Waals surface area contributed by atoms with Crippen molar-refractivity contribution in [2.75, 3.05) is 6.61 Å². The van der Waals surface area contributed by atoms with Crippen LogP contribution in [0.25, 0.3) is 11.0 Å². The molecule has 5 heteroatoms. The molecule has 0 spiro atoms. The quantitative estimate of drug-likeness (QED) is 0.829. The predicted octanol–water partition coefficient (Wildman–Crippen LogP) is 2.31. The average molecular weight is 235 g/mol. The number of ether oxygens (including phenoxy) is 1. The summed E-state index contributed by atoms with van der Waals surface area (Å²) in [6, 6.07) is 7.70. The van der Waals surface area contributed by atoms with E-state index < -0.39 is 0 Å². The Morgan fingerprint density at radius 1 is 1.24 bits per heavy atom. The first-order valence-corrected chi connectivity index (χ1v) is 5.69. The van der Waals surface area contributed by atoms with Crippen LogP contribution in [0.3, 0.4) is 0 Å². The molecule has 92 valence electrons. The summed E-state index contributed by atoms with van der Waals surface area (Å²) in [5.41, 5.74) is 1.83. The standard InChI is InChI=1S/C6H5N3.C6H12O2/c1-2-4-6-5(3-1)7-9-8-6;1-3-5-6(7)8-4-2/h1-4H,(H,7,8,9);3-5H2,1-2H3. The molecule has 0 unspecified atom stereocenters. The van der Waals surface area contributed by atoms with Gasteiger partial charge in [-0.25, -0.2) is 0 Å². The van der Waals surface area contributed by atoms with Gasteiger partial charge in [0.1, 0.15) is 11.0 Å². The summed E-state index contributed by atoms with van der Waals surface area (Å²) < 4.78 is 4.64. The zero-order valence-corrected chi connectivity index (χ0v) is 10.1. The van der Waals surface area contributed by atoms with Gasteiger partial charge in [-0.05, 0) is 25.5 Å². The van der Waals surface area contributed by atoms with Gasteiger partial charge < -0.3 is 4.74 Å². The molecule has 17 heavy (non-hydrogen) atoms. The van der Waals surface area contributed by atoms with Crippen LogP contribution < -0.4 is 0 Å². The molecule has 0 aliphatic carbocycles. The zero-order valence-electron chi connectivity index (χ0n) is 10.1. The fourth-order valence-electron chi connectivity index (χ4n) is 1.22. The predicted molar refractivity (Wildman–Crippen MR) is 65.4 cm³/mol. The normalized spacial score (nSPS) is 9.53. The molecule has 0 saturated carbocycles. The van der Waals surface area contributed by atoms with Gasteiger partial charge in [-0.15, -0.1) is 0 Å². The van der Waals surface area contributed by atoms with Crippen LogP contribution in [0.4, 0.5) is 0 Å². The molecule has 0 aliphatic heterocycles. The van der Waals surface area contributed by atoms with E-state index in [4.69, 9.17) is 0 Å². The number of benzene rings is 1. The van der Waals surface area contributed by atoms with Gasteiger partial charge >= 0.3 is 5.97 Å². The number of carbonyl (C=O) groups excluding carboxylic acids is 1. The first-order chi connectivity index (χ1) is 8.27. The van der Waals surface area contributed by atoms with Crippen molar-refractivity contribution in [1.82, 2.24) is 15.4 Å². The van der Waals surface area contributed by atoms with Crippen LogP contribution >= 0.6 is 0 Å². The summed E-state index contributed by atoms with van der Waals surface area (Å²) in [4.78, 5) is 10.4. The van der Waals surface area contributed by atoms with Gasteiger partial charge in [-0.3, -0.25) is 4.79 Å². The van der Waals surface area contributed by atoms with Crippen molar-refractivity contribution in [2.45, 2.75) is 26.7 Å². The van der Waals surface area contributed by atoms with Gasteiger partial charge in [0.2, 0.25) is 0 Å². The minimum absolute atomic E-state index is 0.0880. The zero-order chi connectivity index (χ0) is 12.5. The molecule has 0 saturated heterocycles. The number of para-hydroxylation sites is 2. The van der Waals surface area contributed by atoms with Crippen LogP contribution in [0.5, 0.6) is 0 Å². The molecule has 1 aromatic carbocycles. The maximum absolute atomic E-state index is 10.4. The lowest BCUT2D eigenvalue weighted by Crippen LogP contribution is -2.01. The third kappa shape index (κ3) is 4.63. The molecule has 0 radical (unpaired) electrons. The highest BCUT2D eigenvalue weighted by atomic mass is 16.5. The second-order valence-electron chi connectivity index (χ2n) is 3.37. The highest BCUT2D eigenvalue weighted by molar-refractivity contribution is 5.72. The molecule has 0 bridgehead atoms. The number of hydrogen-bond donors (Lipinski definition) is 1. The summed E-state index contributed by atoms with van der Waals surface area (Å²) in [6.07, 6.45) is 1.42. The van der Waals surface area contributed by atoms with Crippen molar-refractivity contribution in [3.05, 3.63) is 24.3 Å². The van der Waals surface area contributed by atoms with Crippen molar-refractivity contribution < 1.29 is 9.53 Å². The van der Waals surface area contributed by atoms with Gasteiger partial charge in [0.05, 0.1) is 6.61 Å². The smallest absolute Gasteiger partial charge is 0.305 e. The fourth-order valence-corrected chi connectivity index (χ4v) is 1.22. The molecule has 0 fully saturated rings. The van der Waals surface area contributed by atoms with E-state index in [0.717, 1.165) is 17.5 Å². The number of H-pyrrole nitrogens is 1. The van der Waals surface area contributed by atoms with E-state index in [-0.39, 0.29) is 5.97 Å². The van der Waals surface area contributed by atoms with E-state index in [9.17, 15) is 4.79 Å². The lowest BCUT2D eigenvalue weighted by atomic mass is 10.3. The topological polar surface area (TPSA) is 67.9 Å². The average Bonchev–Trinajstić information content (AvgIpc) is 2.78. The highest BCUT2D eigenvalue weighted by Gasteiger charge is 1.95. The second kappa shape index (κ2) is 7.38. The van der Waals surface area contributed by atoms with Crippen molar-refractivity contribution >= 4 is 17.0 Å². The Morgan fingerprint density at radius 3 is 2.29 bits per heavy atom. The molecular weight excluding hydrogens is 218 g/mol. The minimum atomic E-state index is -0.0880. The van der Waals surface area contributed by atoms with E-state index in [1.54, 1.807) is 0 Å². The van der Waals surface area contributed by atoms with E-state index in [2.05, 4.69) is 20.1 Å². The lowest BCUT2D eigenvalue weighted by molar-refractivity contribution is -0.143. The van der Waals surface area contributed by atoms with Gasteiger partial charge in [0.15, 0.2) is 0 Å². The summed E-state index contributed by atoms with van der Waals surface area (Å²) >= 11 is 0. The van der Waals surface area contributed by atoms with E-state index in [1.165, 1.54) is 0 Å². The first kappa shape index (κ1) is 13.2. The van der Waals surface area contributed by atoms with Crippen LogP contribution in [0, 0.1) is 0 Å². The van der Waals surface area contributed by atoms with E-state index in [0.29, 0.717) is 13.0 Å². The number of esters is 1. The Morgan fingerprint density at radius 2 is 1.82 bits per heavy atom. The highest BCUT2D eigenvalue weighted by Crippen LogP contribution is 2.03. The summed E-state index contributed by atoms with van der Waals surface area (Å²) in [7, 11) is 0. The molecule has 1 aromatic heterocycles. The molecule has 0 aliphatic rings. The van der Waals surface area contributed by atoms with Crippen molar-refractivity contribution in [3.63, 3.8) is 0 Å². The van der Waals surface area contributed by atoms with Crippen LogP contribution in [-0.4, -0.2) is 28.0 Å². The molecule has 5 nitrogen and oxygen atoms in total. The largest absolute Gasteiger partial charge is 0.466 e. The molecule has 0 atom stereocenters. The molecular formula is C12H17N3O2. The molecule has 0 amide bonds. The number of aromatic amines is 1. The summed E-state index contributed by atoms with van der Waals surface area (Å²) in [5.74, 6) is -0.0880. The maximum atomic E-state index is 10.4. The maximum Gasteiger partial charge on any atom is 0.305 e. The Labute approximate surface area is 100 Å². The number of hydrogen-bond acceptors (Lipinski definition) is 4. The SMILES string of the molecule is CCCC(=O)OCC.c1ccc2n[nH]nc2c1. The van der Waals surface area contributed by atoms with Crippen LogP contribution in [-0.2, 0) is 9.53 Å². The lowest BCUT2D eigenvalue weighted by Gasteiger charge is -1.96. The number of fused-ring (bicyclic) bond motifs is 1. The van der Waals surface area contributed by atoms with E-state index in [1.807, 2.05) is 38.1 Å². The Balaban J connectivity index is 0.000000172. The van der Waals surface area contributed by atoms with Gasteiger partial charge in [-0.2, -0.15) is 15.4 Å². The molecule has 1 heterocycles. The number of nitrogens with zero attached hydrogens (tertiary/aromatic N) is 2. The summed E-state index contributed by atoms with van der Waals surface area (Å²) in [5, 5.41) is 10.3. The fraction of sp³-hybridized carbons (Fsp3) is 0.417. The van der Waals surface area contributed by atoms with E-state index >= 15 is 0 Å². The van der Waals surface area contributed by atoms with Gasteiger partial charge in [0.25, 0.3) is 0 Å². The molecule has 1 N–H and O–H groups in total. The molecule has 2 aromatic rings. The van der Waals surface area contributed by atoms with Crippen LogP contribution in [0.15, 0.2) is 24.3 Å². The number of aromatic nitrogens is 3.